The number of hydrogen-bond donors (Lipinski definition) is 4. The van der Waals surface area contributed by atoms with Gasteiger partial charge >= 0.3 is 18.2 Å². The Morgan fingerprint density at radius 1 is 0.887 bits per heavy atom. The number of methoxy groups -OCH3 is 1. The van der Waals surface area contributed by atoms with Gasteiger partial charge in [-0.25, -0.2) is 19.4 Å². The van der Waals surface area contributed by atoms with Crippen LogP contribution in [-0.2, 0) is 18.9 Å². The van der Waals surface area contributed by atoms with Crippen molar-refractivity contribution in [3.8, 4) is 16.9 Å². The number of nitrogens with one attached hydrogen (secondary N) is 4. The minimum atomic E-state index is -1.41. The van der Waals surface area contributed by atoms with Gasteiger partial charge < -0.3 is 34.3 Å². The maximum absolute atomic E-state index is 14.0. The second-order valence-corrected chi connectivity index (χ2v) is 12.6. The number of carbonyl (C=O) groups excluding carboxylic acids is 5. The highest BCUT2D eigenvalue weighted by molar-refractivity contribution is 6.11. The molecular formula is C38H43N5O10. The molecule has 1 aliphatic carbocycles. The van der Waals surface area contributed by atoms with E-state index in [0.717, 1.165) is 12.8 Å². The summed E-state index contributed by atoms with van der Waals surface area (Å²) in [5, 5.41) is 16.1. The summed E-state index contributed by atoms with van der Waals surface area (Å²) in [5.41, 5.74) is 1.11. The summed E-state index contributed by atoms with van der Waals surface area (Å²) in [6.45, 7) is 12.2. The van der Waals surface area contributed by atoms with Gasteiger partial charge in [-0.3, -0.25) is 20.3 Å². The van der Waals surface area contributed by atoms with Crippen molar-refractivity contribution in [2.24, 2.45) is 5.92 Å². The number of benzene rings is 2. The standard InChI is InChI=1S/C38H43N5O10/c1-8-24-17-29(34(44)41-26-13-11-25(12-14-26)33(39)43-37(47)50-20(2)3)28(18-31(24)49-7)27-15-16-30(35(45)40-19-23-9-10-23)42-32(27)36(46)52-22(6)53-38(48)51-21(4)5/h8,11-18,20-23H,1,9-10,19H2,2-7H3,(H,40,45)(H,41,44)(H2,39,43,47). The number of ether oxygens (including phenoxy) is 5. The van der Waals surface area contributed by atoms with Gasteiger partial charge in [-0.1, -0.05) is 12.7 Å². The van der Waals surface area contributed by atoms with Crippen LogP contribution >= 0.6 is 0 Å². The predicted octanol–water partition coefficient (Wildman–Crippen LogP) is 6.32. The van der Waals surface area contributed by atoms with Gasteiger partial charge in [0.05, 0.1) is 19.3 Å². The zero-order valence-electron chi connectivity index (χ0n) is 30.4. The van der Waals surface area contributed by atoms with Crippen LogP contribution in [0.4, 0.5) is 15.3 Å². The molecule has 0 saturated heterocycles. The molecule has 0 bridgehead atoms. The smallest absolute Gasteiger partial charge is 0.496 e. The van der Waals surface area contributed by atoms with E-state index in [0.29, 0.717) is 35.0 Å². The molecule has 15 nitrogen and oxygen atoms in total. The topological polar surface area (TPSA) is 204 Å². The molecule has 0 radical (unpaired) electrons. The number of anilines is 1. The maximum Gasteiger partial charge on any atom is 0.511 e. The molecule has 0 spiro atoms. The fourth-order valence-electron chi connectivity index (χ4n) is 4.87. The molecule has 1 heterocycles. The summed E-state index contributed by atoms with van der Waals surface area (Å²) < 4.78 is 26.0. The Balaban J connectivity index is 1.70. The van der Waals surface area contributed by atoms with Crippen molar-refractivity contribution < 1.29 is 47.7 Å². The van der Waals surface area contributed by atoms with E-state index in [-0.39, 0.29) is 40.0 Å². The van der Waals surface area contributed by atoms with Crippen molar-refractivity contribution in [1.29, 1.82) is 5.41 Å². The van der Waals surface area contributed by atoms with Gasteiger partial charge in [-0.2, -0.15) is 0 Å². The summed E-state index contributed by atoms with van der Waals surface area (Å²) in [6, 6.07) is 12.1. The van der Waals surface area contributed by atoms with Crippen LogP contribution in [0.2, 0.25) is 0 Å². The van der Waals surface area contributed by atoms with Crippen molar-refractivity contribution in [2.75, 3.05) is 19.0 Å². The normalized spacial score (nSPS) is 12.6. The van der Waals surface area contributed by atoms with E-state index in [2.05, 4.69) is 27.5 Å². The Morgan fingerprint density at radius 2 is 1.57 bits per heavy atom. The van der Waals surface area contributed by atoms with Crippen molar-refractivity contribution in [1.82, 2.24) is 15.6 Å². The van der Waals surface area contributed by atoms with E-state index in [9.17, 15) is 24.0 Å². The van der Waals surface area contributed by atoms with Crippen LogP contribution < -0.4 is 20.7 Å². The third-order valence-electron chi connectivity index (χ3n) is 7.56. The molecule has 3 amide bonds. The second kappa shape index (κ2) is 17.8. The van der Waals surface area contributed by atoms with Crippen LogP contribution in [0.3, 0.4) is 0 Å². The Morgan fingerprint density at radius 3 is 2.17 bits per heavy atom. The average molecular weight is 730 g/mol. The summed E-state index contributed by atoms with van der Waals surface area (Å²) >= 11 is 0. The molecule has 4 rings (SSSR count). The maximum atomic E-state index is 14.0. The first kappa shape index (κ1) is 39.5. The number of amides is 3. The molecule has 280 valence electrons. The van der Waals surface area contributed by atoms with Gasteiger partial charge in [0, 0.05) is 47.0 Å². The number of pyridine rings is 1. The molecule has 1 aromatic heterocycles. The highest BCUT2D eigenvalue weighted by Crippen LogP contribution is 2.35. The largest absolute Gasteiger partial charge is 0.511 e. The predicted molar refractivity (Wildman–Crippen MR) is 195 cm³/mol. The number of rotatable bonds is 14. The third-order valence-corrected chi connectivity index (χ3v) is 7.56. The molecule has 1 aliphatic rings. The van der Waals surface area contributed by atoms with Gasteiger partial charge in [0.25, 0.3) is 11.8 Å². The van der Waals surface area contributed by atoms with Crippen LogP contribution in [0.1, 0.15) is 89.9 Å². The second-order valence-electron chi connectivity index (χ2n) is 12.6. The van der Waals surface area contributed by atoms with Crippen molar-refractivity contribution in [3.05, 3.63) is 83.2 Å². The van der Waals surface area contributed by atoms with E-state index in [1.807, 2.05) is 0 Å². The van der Waals surface area contributed by atoms with Crippen molar-refractivity contribution in [2.45, 2.75) is 66.0 Å². The van der Waals surface area contributed by atoms with E-state index < -0.39 is 42.4 Å². The lowest BCUT2D eigenvalue weighted by Crippen LogP contribution is -2.32. The number of alkyl carbamates (subject to hydrolysis) is 1. The zero-order valence-corrected chi connectivity index (χ0v) is 30.4. The molecule has 3 aromatic rings. The number of amidine groups is 1. The number of nitrogens with zero attached hydrogens (tertiary/aromatic N) is 1. The quantitative estimate of drug-likeness (QED) is 0.0475. The van der Waals surface area contributed by atoms with Crippen LogP contribution in [0, 0.1) is 11.3 Å². The molecule has 4 N–H and O–H groups in total. The minimum absolute atomic E-state index is 0.0715. The van der Waals surface area contributed by atoms with Gasteiger partial charge in [-0.15, -0.1) is 0 Å². The lowest BCUT2D eigenvalue weighted by molar-refractivity contribution is -0.0868. The highest BCUT2D eigenvalue weighted by Gasteiger charge is 2.28. The van der Waals surface area contributed by atoms with Gasteiger partial charge in [0.15, 0.2) is 5.69 Å². The van der Waals surface area contributed by atoms with Gasteiger partial charge in [-0.05, 0) is 95.0 Å². The minimum Gasteiger partial charge on any atom is -0.496 e. The van der Waals surface area contributed by atoms with E-state index >= 15 is 0 Å². The average Bonchev–Trinajstić information content (AvgIpc) is 3.93. The number of aromatic nitrogens is 1. The lowest BCUT2D eigenvalue weighted by atomic mass is 9.94. The summed E-state index contributed by atoms with van der Waals surface area (Å²) in [4.78, 5) is 69.1. The SMILES string of the molecule is C=Cc1cc(C(=O)Nc2ccc(C(=N)NC(=O)OC(C)C)cc2)c(-c2ccc(C(=O)NCC3CC3)nc2C(=O)OC(C)OC(=O)OC(C)C)cc1OC. The Kier molecular flexibility index (Phi) is 13.3. The van der Waals surface area contributed by atoms with Crippen LogP contribution in [0.15, 0.2) is 55.1 Å². The first-order chi connectivity index (χ1) is 25.2. The van der Waals surface area contributed by atoms with Crippen LogP contribution in [0.5, 0.6) is 5.75 Å². The molecule has 1 fully saturated rings. The van der Waals surface area contributed by atoms with Gasteiger partial charge in [0.2, 0.25) is 6.29 Å². The first-order valence-corrected chi connectivity index (χ1v) is 16.9. The van der Waals surface area contributed by atoms with E-state index in [1.54, 1.807) is 39.8 Å². The molecule has 1 atom stereocenters. The molecular weight excluding hydrogens is 686 g/mol. The number of hydrogen-bond acceptors (Lipinski definition) is 12. The highest BCUT2D eigenvalue weighted by atomic mass is 16.8. The first-order valence-electron chi connectivity index (χ1n) is 16.9. The van der Waals surface area contributed by atoms with E-state index in [1.165, 1.54) is 56.5 Å². The van der Waals surface area contributed by atoms with Crippen molar-refractivity contribution >= 4 is 47.6 Å². The Hall–Kier alpha value is -6.25. The monoisotopic (exact) mass is 729 g/mol. The van der Waals surface area contributed by atoms with Crippen LogP contribution in [-0.4, -0.2) is 73.0 Å². The summed E-state index contributed by atoms with van der Waals surface area (Å²) in [7, 11) is 1.43. The van der Waals surface area contributed by atoms with Gasteiger partial charge in [0.1, 0.15) is 17.3 Å². The fourth-order valence-corrected chi connectivity index (χ4v) is 4.87. The number of carbonyl (C=O) groups is 5. The molecule has 2 aromatic carbocycles. The summed E-state index contributed by atoms with van der Waals surface area (Å²) in [5.74, 6) is -1.67. The molecule has 1 unspecified atom stereocenters. The molecule has 53 heavy (non-hydrogen) atoms. The Bertz CT molecular complexity index is 1890. The number of esters is 1. The zero-order chi connectivity index (χ0) is 38.8. The third kappa shape index (κ3) is 11.1. The van der Waals surface area contributed by atoms with Crippen molar-refractivity contribution in [3.63, 3.8) is 0 Å². The molecule has 15 heteroatoms. The van der Waals surface area contributed by atoms with Crippen LogP contribution in [0.25, 0.3) is 17.2 Å². The fraction of sp³-hybridized carbons (Fsp3) is 0.342. The summed E-state index contributed by atoms with van der Waals surface area (Å²) in [6.07, 6.45) is -0.568. The Labute approximate surface area is 306 Å². The van der Waals surface area contributed by atoms with E-state index in [4.69, 9.17) is 29.1 Å². The molecule has 1 saturated carbocycles. The lowest BCUT2D eigenvalue weighted by Gasteiger charge is -2.19. The molecule has 0 aliphatic heterocycles.